The van der Waals surface area contributed by atoms with Crippen LogP contribution < -0.4 is 10.5 Å². The summed E-state index contributed by atoms with van der Waals surface area (Å²) in [6.45, 7) is 4.03. The zero-order valence-electron chi connectivity index (χ0n) is 12.4. The third kappa shape index (κ3) is 3.92. The molecule has 2 rings (SSSR count). The van der Waals surface area contributed by atoms with Crippen LogP contribution in [-0.4, -0.2) is 24.5 Å². The van der Waals surface area contributed by atoms with E-state index < -0.39 is 10.0 Å². The normalized spacial score (nSPS) is 11.4. The second-order valence-electron chi connectivity index (χ2n) is 5.06. The number of rotatable bonds is 5. The van der Waals surface area contributed by atoms with Crippen molar-refractivity contribution in [1.29, 1.82) is 0 Å². The number of sulfonamides is 1. The molecule has 1 heterocycles. The van der Waals surface area contributed by atoms with Gasteiger partial charge in [0, 0.05) is 17.8 Å². The largest absolute Gasteiger partial charge is 0.352 e. The Morgan fingerprint density at radius 3 is 2.41 bits per heavy atom. The summed E-state index contributed by atoms with van der Waals surface area (Å²) in [5.74, 6) is -0.122. The Balaban J connectivity index is 1.94. The number of hydrogen-bond donors (Lipinski definition) is 3. The minimum atomic E-state index is -3.69. The van der Waals surface area contributed by atoms with Crippen LogP contribution in [0.4, 0.5) is 0 Å². The summed E-state index contributed by atoms with van der Waals surface area (Å²) in [5.41, 5.74) is 3.37. The van der Waals surface area contributed by atoms with Gasteiger partial charge in [-0.1, -0.05) is 12.1 Å². The van der Waals surface area contributed by atoms with Crippen LogP contribution in [0.25, 0.3) is 0 Å². The van der Waals surface area contributed by atoms with Crippen LogP contribution in [0.3, 0.4) is 0 Å². The fourth-order valence-corrected chi connectivity index (χ4v) is 2.57. The molecule has 0 bridgehead atoms. The lowest BCUT2D eigenvalue weighted by Gasteiger charge is -2.06. The van der Waals surface area contributed by atoms with Crippen LogP contribution in [0.2, 0.25) is 0 Å². The van der Waals surface area contributed by atoms with Gasteiger partial charge in [-0.15, -0.1) is 0 Å². The topological polar surface area (TPSA) is 118 Å². The molecule has 0 atom stereocenters. The van der Waals surface area contributed by atoms with Crippen molar-refractivity contribution in [1.82, 2.24) is 15.5 Å². The molecule has 0 fully saturated rings. The van der Waals surface area contributed by atoms with E-state index >= 15 is 0 Å². The van der Waals surface area contributed by atoms with E-state index in [0.717, 1.165) is 22.5 Å². The number of aromatic nitrogens is 2. The summed E-state index contributed by atoms with van der Waals surface area (Å²) >= 11 is 0. The number of H-pyrrole nitrogens is 1. The maximum absolute atomic E-state index is 11.9. The Hall–Kier alpha value is -2.19. The monoisotopic (exact) mass is 322 g/mol. The summed E-state index contributed by atoms with van der Waals surface area (Å²) in [4.78, 5) is 12.0. The van der Waals surface area contributed by atoms with Crippen molar-refractivity contribution in [3.05, 3.63) is 46.8 Å². The van der Waals surface area contributed by atoms with Gasteiger partial charge in [0.05, 0.1) is 17.0 Å². The number of primary sulfonamides is 1. The van der Waals surface area contributed by atoms with Crippen molar-refractivity contribution >= 4 is 15.9 Å². The highest BCUT2D eigenvalue weighted by Crippen LogP contribution is 2.11. The van der Waals surface area contributed by atoms with E-state index in [2.05, 4.69) is 15.5 Å². The fourth-order valence-electron chi connectivity index (χ4n) is 2.06. The molecule has 1 aromatic heterocycles. The van der Waals surface area contributed by atoms with Crippen molar-refractivity contribution in [2.24, 2.45) is 5.14 Å². The summed E-state index contributed by atoms with van der Waals surface area (Å²) in [6.07, 6.45) is 0.253. The molecule has 0 unspecified atom stereocenters. The minimum Gasteiger partial charge on any atom is -0.352 e. The van der Waals surface area contributed by atoms with Crippen molar-refractivity contribution in [3.63, 3.8) is 0 Å². The third-order valence-electron chi connectivity index (χ3n) is 3.36. The minimum absolute atomic E-state index is 0.0484. The zero-order valence-corrected chi connectivity index (χ0v) is 13.2. The van der Waals surface area contributed by atoms with E-state index in [1.54, 1.807) is 12.1 Å². The maximum atomic E-state index is 11.9. The molecule has 0 aliphatic carbocycles. The molecular weight excluding hydrogens is 304 g/mol. The highest BCUT2D eigenvalue weighted by Gasteiger charge is 2.11. The molecule has 0 aliphatic heterocycles. The van der Waals surface area contributed by atoms with E-state index in [9.17, 15) is 13.2 Å². The van der Waals surface area contributed by atoms with Crippen LogP contribution in [0.1, 0.15) is 22.5 Å². The van der Waals surface area contributed by atoms with E-state index in [1.165, 1.54) is 12.1 Å². The third-order valence-corrected chi connectivity index (χ3v) is 4.29. The first-order valence-corrected chi connectivity index (χ1v) is 8.21. The van der Waals surface area contributed by atoms with Gasteiger partial charge in [0.15, 0.2) is 0 Å². The molecule has 22 heavy (non-hydrogen) atoms. The predicted octanol–water partition coefficient (Wildman–Crippen LogP) is 0.533. The van der Waals surface area contributed by atoms with Gasteiger partial charge in [-0.2, -0.15) is 5.10 Å². The second-order valence-corrected chi connectivity index (χ2v) is 6.62. The molecule has 0 aliphatic rings. The molecule has 2 aromatic rings. The molecule has 0 saturated carbocycles. The van der Waals surface area contributed by atoms with E-state index in [-0.39, 0.29) is 17.2 Å². The predicted molar refractivity (Wildman–Crippen MR) is 81.4 cm³/mol. The number of aromatic amines is 1. The molecular formula is C14H18N4O3S. The van der Waals surface area contributed by atoms with Gasteiger partial charge >= 0.3 is 0 Å². The number of hydrogen-bond acceptors (Lipinski definition) is 4. The van der Waals surface area contributed by atoms with E-state index in [0.29, 0.717) is 6.54 Å². The summed E-state index contributed by atoms with van der Waals surface area (Å²) < 4.78 is 22.3. The molecule has 8 heteroatoms. The summed E-state index contributed by atoms with van der Waals surface area (Å²) in [7, 11) is -3.69. The quantitative estimate of drug-likeness (QED) is 0.744. The van der Waals surface area contributed by atoms with Gasteiger partial charge in [0.25, 0.3) is 0 Å². The van der Waals surface area contributed by atoms with Crippen molar-refractivity contribution in [2.75, 3.05) is 0 Å². The standard InChI is InChI=1S/C14H18N4O3S/c1-9-13(10(2)18-17-9)7-14(19)16-8-11-3-5-12(6-4-11)22(15,20)21/h3-6H,7-8H2,1-2H3,(H,16,19)(H,17,18)(H2,15,20,21). The number of aryl methyl sites for hydroxylation is 2. The molecule has 1 amide bonds. The Morgan fingerprint density at radius 1 is 1.27 bits per heavy atom. The lowest BCUT2D eigenvalue weighted by molar-refractivity contribution is -0.120. The average molecular weight is 322 g/mol. The fraction of sp³-hybridized carbons (Fsp3) is 0.286. The highest BCUT2D eigenvalue weighted by atomic mass is 32.2. The first kappa shape index (κ1) is 16.2. The molecule has 4 N–H and O–H groups in total. The van der Waals surface area contributed by atoms with Gasteiger partial charge in [0.2, 0.25) is 15.9 Å². The lowest BCUT2D eigenvalue weighted by Crippen LogP contribution is -2.25. The van der Waals surface area contributed by atoms with Crippen LogP contribution in [0, 0.1) is 13.8 Å². The first-order chi connectivity index (χ1) is 10.3. The number of benzene rings is 1. The van der Waals surface area contributed by atoms with Crippen molar-refractivity contribution < 1.29 is 13.2 Å². The Morgan fingerprint density at radius 2 is 1.91 bits per heavy atom. The smallest absolute Gasteiger partial charge is 0.238 e. The van der Waals surface area contributed by atoms with E-state index in [4.69, 9.17) is 5.14 Å². The van der Waals surface area contributed by atoms with Crippen molar-refractivity contribution in [3.8, 4) is 0 Å². The molecule has 0 spiro atoms. The molecule has 118 valence electrons. The SMILES string of the molecule is Cc1n[nH]c(C)c1CC(=O)NCc1ccc(S(N)(=O)=O)cc1. The second kappa shape index (κ2) is 6.29. The first-order valence-electron chi connectivity index (χ1n) is 6.66. The lowest BCUT2D eigenvalue weighted by atomic mass is 10.1. The molecule has 7 nitrogen and oxygen atoms in total. The van der Waals surface area contributed by atoms with Gasteiger partial charge in [-0.25, -0.2) is 13.6 Å². The average Bonchev–Trinajstić information content (AvgIpc) is 2.76. The molecule has 0 radical (unpaired) electrons. The number of amides is 1. The van der Waals surface area contributed by atoms with E-state index in [1.807, 2.05) is 13.8 Å². The van der Waals surface area contributed by atoms with Crippen LogP contribution in [-0.2, 0) is 27.8 Å². The maximum Gasteiger partial charge on any atom is 0.238 e. The van der Waals surface area contributed by atoms with Gasteiger partial charge in [0.1, 0.15) is 0 Å². The number of carbonyl (C=O) groups excluding carboxylic acids is 1. The highest BCUT2D eigenvalue weighted by molar-refractivity contribution is 7.89. The summed E-state index contributed by atoms with van der Waals surface area (Å²) in [5, 5.41) is 14.7. The number of nitrogens with one attached hydrogen (secondary N) is 2. The van der Waals surface area contributed by atoms with Gasteiger partial charge in [-0.05, 0) is 31.5 Å². The van der Waals surface area contributed by atoms with Gasteiger partial charge < -0.3 is 5.32 Å². The van der Waals surface area contributed by atoms with Crippen LogP contribution in [0.5, 0.6) is 0 Å². The van der Waals surface area contributed by atoms with Crippen LogP contribution >= 0.6 is 0 Å². The van der Waals surface area contributed by atoms with Crippen LogP contribution in [0.15, 0.2) is 29.2 Å². The Bertz CT molecular complexity index is 759. The molecule has 0 saturated heterocycles. The zero-order chi connectivity index (χ0) is 16.3. The Labute approximate surface area is 129 Å². The summed E-state index contributed by atoms with van der Waals surface area (Å²) in [6, 6.07) is 6.07. The molecule has 1 aromatic carbocycles. The Kier molecular flexibility index (Phi) is 4.62. The number of carbonyl (C=O) groups is 1. The number of nitrogens with zero attached hydrogens (tertiary/aromatic N) is 1. The van der Waals surface area contributed by atoms with Gasteiger partial charge in [-0.3, -0.25) is 9.89 Å². The number of nitrogens with two attached hydrogens (primary N) is 1. The van der Waals surface area contributed by atoms with Crippen molar-refractivity contribution in [2.45, 2.75) is 31.7 Å².